The van der Waals surface area contributed by atoms with Crippen LogP contribution in [0.15, 0.2) is 83.1 Å². The van der Waals surface area contributed by atoms with Gasteiger partial charge in [0.1, 0.15) is 11.3 Å². The second-order valence-electron chi connectivity index (χ2n) is 6.57. The fraction of sp³-hybridized carbons (Fsp3) is 0.0455. The second kappa shape index (κ2) is 7.37. The highest BCUT2D eigenvalue weighted by molar-refractivity contribution is 7.14. The zero-order valence-electron chi connectivity index (χ0n) is 15.3. The molecule has 0 aliphatic carbocycles. The number of rotatable bonds is 5. The smallest absolute Gasteiger partial charge is 0.257 e. The molecule has 0 fully saturated rings. The number of anilines is 1. The molecule has 5 rings (SSSR count). The molecule has 5 aromatic rings. The average molecular weight is 400 g/mol. The Kier molecular flexibility index (Phi) is 4.42. The number of carbonyl (C=O) groups excluding carboxylic acids is 1. The van der Waals surface area contributed by atoms with Crippen molar-refractivity contribution in [3.63, 3.8) is 0 Å². The number of amides is 1. The molecule has 1 amide bonds. The number of benzene rings is 2. The van der Waals surface area contributed by atoms with Crippen molar-refractivity contribution in [3.05, 3.63) is 89.8 Å². The van der Waals surface area contributed by atoms with Gasteiger partial charge in [0.05, 0.1) is 6.33 Å². The minimum absolute atomic E-state index is 0.190. The van der Waals surface area contributed by atoms with Crippen molar-refractivity contribution >= 4 is 33.3 Å². The first-order valence-corrected chi connectivity index (χ1v) is 9.93. The maximum Gasteiger partial charge on any atom is 0.257 e. The number of nitrogens with zero attached hydrogens (tertiary/aromatic N) is 3. The number of hydrogen-bond acceptors (Lipinski definition) is 5. The highest BCUT2D eigenvalue weighted by Gasteiger charge is 2.13. The van der Waals surface area contributed by atoms with E-state index >= 15 is 0 Å². The Labute approximate surface area is 170 Å². The van der Waals surface area contributed by atoms with Gasteiger partial charge in [0, 0.05) is 35.3 Å². The summed E-state index contributed by atoms with van der Waals surface area (Å²) in [5.74, 6) is 0.497. The highest BCUT2D eigenvalue weighted by Crippen LogP contribution is 2.30. The zero-order valence-corrected chi connectivity index (χ0v) is 16.1. The summed E-state index contributed by atoms with van der Waals surface area (Å²) < 4.78 is 7.81. The Balaban J connectivity index is 1.28. The van der Waals surface area contributed by atoms with Crippen LogP contribution in [0.2, 0.25) is 0 Å². The van der Waals surface area contributed by atoms with E-state index in [1.165, 1.54) is 11.3 Å². The molecule has 3 heterocycles. The monoisotopic (exact) mass is 400 g/mol. The van der Waals surface area contributed by atoms with Crippen LogP contribution in [-0.4, -0.2) is 20.4 Å². The summed E-state index contributed by atoms with van der Waals surface area (Å²) in [6.45, 7) is 0.717. The van der Waals surface area contributed by atoms with Crippen molar-refractivity contribution in [2.24, 2.45) is 0 Å². The number of nitrogens with one attached hydrogen (secondary N) is 1. The van der Waals surface area contributed by atoms with Gasteiger partial charge in [-0.05, 0) is 29.8 Å². The molecular formula is C22H16N4O2S. The van der Waals surface area contributed by atoms with Crippen LogP contribution in [0, 0.1) is 0 Å². The molecule has 0 saturated heterocycles. The number of aromatic nitrogens is 3. The fourth-order valence-electron chi connectivity index (χ4n) is 3.07. The Morgan fingerprint density at radius 1 is 1.14 bits per heavy atom. The lowest BCUT2D eigenvalue weighted by Gasteiger charge is -2.05. The minimum Gasteiger partial charge on any atom is -0.454 e. The maximum absolute atomic E-state index is 12.5. The van der Waals surface area contributed by atoms with Crippen molar-refractivity contribution in [1.82, 2.24) is 14.5 Å². The topological polar surface area (TPSA) is 73.0 Å². The van der Waals surface area contributed by atoms with Crippen molar-refractivity contribution in [2.45, 2.75) is 6.54 Å². The molecule has 6 nitrogen and oxygen atoms in total. The van der Waals surface area contributed by atoms with Gasteiger partial charge >= 0.3 is 0 Å². The SMILES string of the molecule is O=C(Nc1nc(-c2cc3ccccc3o2)cs1)c1ccc(Cn2ccnc2)cc1. The number of carbonyl (C=O) groups is 1. The lowest BCUT2D eigenvalue weighted by molar-refractivity contribution is 0.102. The average Bonchev–Trinajstić information content (AvgIpc) is 3.49. The molecule has 29 heavy (non-hydrogen) atoms. The number of furan rings is 1. The van der Waals surface area contributed by atoms with Crippen LogP contribution in [-0.2, 0) is 6.54 Å². The Bertz CT molecular complexity index is 1240. The van der Waals surface area contributed by atoms with E-state index < -0.39 is 0 Å². The lowest BCUT2D eigenvalue weighted by atomic mass is 10.1. The van der Waals surface area contributed by atoms with Gasteiger partial charge in [0.25, 0.3) is 5.91 Å². The van der Waals surface area contributed by atoms with Crippen molar-refractivity contribution in [1.29, 1.82) is 0 Å². The third kappa shape index (κ3) is 3.68. The number of para-hydroxylation sites is 1. The fourth-order valence-corrected chi connectivity index (χ4v) is 3.77. The third-order valence-electron chi connectivity index (χ3n) is 4.54. The Morgan fingerprint density at radius 3 is 2.79 bits per heavy atom. The summed E-state index contributed by atoms with van der Waals surface area (Å²) >= 11 is 1.37. The van der Waals surface area contributed by atoms with Gasteiger partial charge in [-0.15, -0.1) is 11.3 Å². The van der Waals surface area contributed by atoms with Crippen LogP contribution >= 0.6 is 11.3 Å². The molecule has 3 aromatic heterocycles. The zero-order chi connectivity index (χ0) is 19.6. The second-order valence-corrected chi connectivity index (χ2v) is 7.43. The molecule has 0 saturated carbocycles. The van der Waals surface area contributed by atoms with E-state index in [1.54, 1.807) is 12.5 Å². The summed E-state index contributed by atoms with van der Waals surface area (Å²) in [6.07, 6.45) is 5.42. The molecular weight excluding hydrogens is 384 g/mol. The summed E-state index contributed by atoms with van der Waals surface area (Å²) in [5, 5.41) is 6.30. The molecule has 0 aliphatic heterocycles. The first-order valence-electron chi connectivity index (χ1n) is 9.05. The highest BCUT2D eigenvalue weighted by atomic mass is 32.1. The van der Waals surface area contributed by atoms with Crippen molar-refractivity contribution in [2.75, 3.05) is 5.32 Å². The van der Waals surface area contributed by atoms with E-state index in [2.05, 4.69) is 15.3 Å². The summed E-state index contributed by atoms with van der Waals surface area (Å²) in [4.78, 5) is 21.1. The van der Waals surface area contributed by atoms with Gasteiger partial charge in [-0.3, -0.25) is 10.1 Å². The molecule has 0 unspecified atom stereocenters. The minimum atomic E-state index is -0.190. The van der Waals surface area contributed by atoms with E-state index in [9.17, 15) is 4.79 Å². The molecule has 0 radical (unpaired) electrons. The van der Waals surface area contributed by atoms with E-state index in [0.29, 0.717) is 22.1 Å². The number of fused-ring (bicyclic) bond motifs is 1. The normalized spacial score (nSPS) is 11.0. The van der Waals surface area contributed by atoms with Gasteiger partial charge in [0.15, 0.2) is 10.9 Å². The van der Waals surface area contributed by atoms with Gasteiger partial charge in [0.2, 0.25) is 0 Å². The van der Waals surface area contributed by atoms with Gasteiger partial charge in [-0.1, -0.05) is 30.3 Å². The summed E-state index contributed by atoms with van der Waals surface area (Å²) in [6, 6.07) is 17.3. The van der Waals surface area contributed by atoms with E-state index in [0.717, 1.165) is 23.1 Å². The molecule has 142 valence electrons. The standard InChI is InChI=1S/C22H16N4O2S/c27-21(16-7-5-15(6-8-16)12-26-10-9-23-14-26)25-22-24-18(13-29-22)20-11-17-3-1-2-4-19(17)28-20/h1-11,13-14H,12H2,(H,24,25,27). The number of hydrogen-bond donors (Lipinski definition) is 1. The van der Waals surface area contributed by atoms with Crippen molar-refractivity contribution < 1.29 is 9.21 Å². The van der Waals surface area contributed by atoms with Crippen molar-refractivity contribution in [3.8, 4) is 11.5 Å². The molecule has 0 spiro atoms. The molecule has 2 aromatic carbocycles. The van der Waals surface area contributed by atoms with Crippen LogP contribution in [0.3, 0.4) is 0 Å². The van der Waals surface area contributed by atoms with Crippen LogP contribution < -0.4 is 5.32 Å². The summed E-state index contributed by atoms with van der Waals surface area (Å²) in [7, 11) is 0. The maximum atomic E-state index is 12.5. The molecule has 0 aliphatic rings. The largest absolute Gasteiger partial charge is 0.454 e. The Morgan fingerprint density at radius 2 is 2.00 bits per heavy atom. The molecule has 7 heteroatoms. The van der Waals surface area contributed by atoms with Gasteiger partial charge in [-0.2, -0.15) is 0 Å². The lowest BCUT2D eigenvalue weighted by Crippen LogP contribution is -2.11. The number of thiazole rings is 1. The quantitative estimate of drug-likeness (QED) is 0.448. The van der Waals surface area contributed by atoms with Crippen LogP contribution in [0.1, 0.15) is 15.9 Å². The first kappa shape index (κ1) is 17.4. The molecule has 0 bridgehead atoms. The van der Waals surface area contributed by atoms with Crippen LogP contribution in [0.5, 0.6) is 0 Å². The van der Waals surface area contributed by atoms with Crippen LogP contribution in [0.4, 0.5) is 5.13 Å². The third-order valence-corrected chi connectivity index (χ3v) is 5.30. The predicted molar refractivity (Wildman–Crippen MR) is 113 cm³/mol. The number of imidazole rings is 1. The summed E-state index contributed by atoms with van der Waals surface area (Å²) in [5.41, 5.74) is 3.20. The van der Waals surface area contributed by atoms with E-state index in [4.69, 9.17) is 4.42 Å². The van der Waals surface area contributed by atoms with Gasteiger partial charge in [-0.25, -0.2) is 9.97 Å². The van der Waals surface area contributed by atoms with Gasteiger partial charge < -0.3 is 8.98 Å². The first-order chi connectivity index (χ1) is 14.2. The Hall–Kier alpha value is -3.71. The van der Waals surface area contributed by atoms with Crippen LogP contribution in [0.25, 0.3) is 22.4 Å². The molecule has 1 N–H and O–H groups in total. The predicted octanol–water partition coefficient (Wildman–Crippen LogP) is 5.05. The van der Waals surface area contributed by atoms with E-state index in [-0.39, 0.29) is 5.91 Å². The van der Waals surface area contributed by atoms with E-state index in [1.807, 2.05) is 70.7 Å². The molecule has 0 atom stereocenters.